The molecule has 3 N–H and O–H groups in total. The Morgan fingerprint density at radius 1 is 1.16 bits per heavy atom. The maximum atomic E-state index is 9.60. The van der Waals surface area contributed by atoms with Crippen molar-refractivity contribution < 1.29 is 5.11 Å². The number of aliphatic hydroxyl groups excluding tert-OH is 1. The maximum Gasteiger partial charge on any atom is 0.190 e. The van der Waals surface area contributed by atoms with Gasteiger partial charge >= 0.3 is 0 Å². The molecule has 0 amide bonds. The molecule has 1 atom stereocenters. The Morgan fingerprint density at radius 3 is 2.40 bits per heavy atom. The molecule has 1 rings (SSSR count). The lowest BCUT2D eigenvalue weighted by Gasteiger charge is -2.21. The first-order chi connectivity index (χ1) is 11.6. The third-order valence-electron chi connectivity index (χ3n) is 4.34. The van der Waals surface area contributed by atoms with E-state index in [4.69, 9.17) is 0 Å². The smallest absolute Gasteiger partial charge is 0.190 e. The van der Waals surface area contributed by atoms with Gasteiger partial charge in [0.05, 0.1) is 6.61 Å². The van der Waals surface area contributed by atoms with Crippen LogP contribution in [0, 0.1) is 0 Å². The van der Waals surface area contributed by atoms with E-state index in [1.165, 1.54) is 6.42 Å². The summed E-state index contributed by atoms with van der Waals surface area (Å²) in [5, 5.41) is 16.3. The number of halogens is 1. The molecule has 0 bridgehead atoms. The van der Waals surface area contributed by atoms with Gasteiger partial charge in [0, 0.05) is 32.1 Å². The maximum absolute atomic E-state index is 9.60. The van der Waals surface area contributed by atoms with E-state index in [0.717, 1.165) is 31.0 Å². The zero-order valence-electron chi connectivity index (χ0n) is 16.0. The third kappa shape index (κ3) is 10.0. The first-order valence-corrected chi connectivity index (χ1v) is 8.89. The number of hydrogen-bond donors (Lipinski definition) is 3. The van der Waals surface area contributed by atoms with E-state index in [1.54, 1.807) is 7.05 Å². The van der Waals surface area contributed by atoms with E-state index in [1.807, 2.05) is 30.3 Å². The van der Waals surface area contributed by atoms with Gasteiger partial charge in [-0.3, -0.25) is 4.99 Å². The van der Waals surface area contributed by atoms with E-state index in [9.17, 15) is 5.11 Å². The van der Waals surface area contributed by atoms with Crippen molar-refractivity contribution in [1.29, 1.82) is 0 Å². The second-order valence-corrected chi connectivity index (χ2v) is 6.45. The predicted octanol–water partition coefficient (Wildman–Crippen LogP) is 2.67. The standard InChI is InChI=1S/C19H34N4O.HI/c1-16(2)23(4)13-9-8-12-21-19(20-3)22-14-18(15-24)17-10-6-5-7-11-17;/h5-7,10-11,16,18,24H,8-9,12-15H2,1-4H3,(H2,20,21,22);1H. The molecule has 1 aromatic rings. The van der Waals surface area contributed by atoms with Gasteiger partial charge in [0.25, 0.3) is 0 Å². The summed E-state index contributed by atoms with van der Waals surface area (Å²) in [4.78, 5) is 6.61. The van der Waals surface area contributed by atoms with Gasteiger partial charge in [0.2, 0.25) is 0 Å². The van der Waals surface area contributed by atoms with Crippen LogP contribution in [0.2, 0.25) is 0 Å². The molecule has 0 saturated carbocycles. The van der Waals surface area contributed by atoms with Gasteiger partial charge in [0.1, 0.15) is 0 Å². The zero-order valence-corrected chi connectivity index (χ0v) is 18.4. The van der Waals surface area contributed by atoms with Crippen LogP contribution in [0.3, 0.4) is 0 Å². The van der Waals surface area contributed by atoms with E-state index in [-0.39, 0.29) is 36.5 Å². The van der Waals surface area contributed by atoms with Crippen molar-refractivity contribution in [3.8, 4) is 0 Å². The Labute approximate surface area is 170 Å². The van der Waals surface area contributed by atoms with Crippen LogP contribution in [0.1, 0.15) is 38.2 Å². The number of nitrogens with zero attached hydrogens (tertiary/aromatic N) is 2. The SMILES string of the molecule is CN=C(NCCCCN(C)C(C)C)NCC(CO)c1ccccc1.I. The molecule has 1 unspecified atom stereocenters. The molecular formula is C19H35IN4O. The fraction of sp³-hybridized carbons (Fsp3) is 0.632. The minimum atomic E-state index is 0. The predicted molar refractivity (Wildman–Crippen MR) is 118 cm³/mol. The Balaban J connectivity index is 0.00000576. The van der Waals surface area contributed by atoms with Crippen molar-refractivity contribution in [2.24, 2.45) is 4.99 Å². The second-order valence-electron chi connectivity index (χ2n) is 6.45. The van der Waals surface area contributed by atoms with Crippen LogP contribution in [0.5, 0.6) is 0 Å². The van der Waals surface area contributed by atoms with Crippen molar-refractivity contribution in [1.82, 2.24) is 15.5 Å². The molecule has 0 aliphatic heterocycles. The largest absolute Gasteiger partial charge is 0.396 e. The highest BCUT2D eigenvalue weighted by Crippen LogP contribution is 2.13. The number of unbranched alkanes of at least 4 members (excludes halogenated alkanes) is 1. The number of guanidine groups is 1. The number of aliphatic imine (C=N–C) groups is 1. The monoisotopic (exact) mass is 462 g/mol. The van der Waals surface area contributed by atoms with Crippen molar-refractivity contribution >= 4 is 29.9 Å². The Kier molecular flexibility index (Phi) is 13.8. The Bertz CT molecular complexity index is 468. The highest BCUT2D eigenvalue weighted by atomic mass is 127. The van der Waals surface area contributed by atoms with Gasteiger partial charge < -0.3 is 20.6 Å². The molecule has 0 heterocycles. The molecule has 0 aliphatic carbocycles. The van der Waals surface area contributed by atoms with E-state index < -0.39 is 0 Å². The van der Waals surface area contributed by atoms with Crippen molar-refractivity contribution in [2.75, 3.05) is 40.3 Å². The van der Waals surface area contributed by atoms with Gasteiger partial charge in [-0.15, -0.1) is 24.0 Å². The van der Waals surface area contributed by atoms with Crippen LogP contribution in [-0.4, -0.2) is 62.3 Å². The van der Waals surface area contributed by atoms with Crippen LogP contribution in [0.15, 0.2) is 35.3 Å². The fourth-order valence-electron chi connectivity index (χ4n) is 2.40. The summed E-state index contributed by atoms with van der Waals surface area (Å²) in [6.07, 6.45) is 2.28. The normalized spacial score (nSPS) is 12.8. The molecule has 1 aromatic carbocycles. The van der Waals surface area contributed by atoms with Crippen LogP contribution < -0.4 is 10.6 Å². The molecule has 5 nitrogen and oxygen atoms in total. The summed E-state index contributed by atoms with van der Waals surface area (Å²) in [6.45, 7) is 7.24. The Hall–Kier alpha value is -0.860. The summed E-state index contributed by atoms with van der Waals surface area (Å²) in [7, 11) is 3.94. The van der Waals surface area contributed by atoms with Crippen LogP contribution in [0.4, 0.5) is 0 Å². The summed E-state index contributed by atoms with van der Waals surface area (Å²) in [5.41, 5.74) is 1.14. The minimum Gasteiger partial charge on any atom is -0.396 e. The van der Waals surface area contributed by atoms with E-state index in [2.05, 4.69) is 41.4 Å². The highest BCUT2D eigenvalue weighted by Gasteiger charge is 2.10. The number of benzene rings is 1. The van der Waals surface area contributed by atoms with Crippen molar-refractivity contribution in [3.63, 3.8) is 0 Å². The van der Waals surface area contributed by atoms with Crippen LogP contribution in [-0.2, 0) is 0 Å². The Morgan fingerprint density at radius 2 is 1.84 bits per heavy atom. The summed E-state index contributed by atoms with van der Waals surface area (Å²) < 4.78 is 0. The topological polar surface area (TPSA) is 59.9 Å². The average Bonchev–Trinajstić information content (AvgIpc) is 2.60. The lowest BCUT2D eigenvalue weighted by atomic mass is 10.0. The van der Waals surface area contributed by atoms with E-state index in [0.29, 0.717) is 12.6 Å². The third-order valence-corrected chi connectivity index (χ3v) is 4.34. The van der Waals surface area contributed by atoms with Crippen LogP contribution in [0.25, 0.3) is 0 Å². The summed E-state index contributed by atoms with van der Waals surface area (Å²) >= 11 is 0. The average molecular weight is 462 g/mol. The van der Waals surface area contributed by atoms with Gasteiger partial charge in [-0.1, -0.05) is 30.3 Å². The molecule has 0 fully saturated rings. The minimum absolute atomic E-state index is 0. The molecule has 0 saturated heterocycles. The quantitative estimate of drug-likeness (QED) is 0.217. The molecule has 144 valence electrons. The van der Waals surface area contributed by atoms with Gasteiger partial charge in [-0.05, 0) is 45.8 Å². The number of rotatable bonds is 10. The van der Waals surface area contributed by atoms with E-state index >= 15 is 0 Å². The first kappa shape index (κ1) is 24.1. The molecule has 0 aliphatic rings. The molecule has 6 heteroatoms. The van der Waals surface area contributed by atoms with Gasteiger partial charge in [-0.2, -0.15) is 0 Å². The van der Waals surface area contributed by atoms with Crippen LogP contribution >= 0.6 is 24.0 Å². The van der Waals surface area contributed by atoms with Gasteiger partial charge in [-0.25, -0.2) is 0 Å². The van der Waals surface area contributed by atoms with Gasteiger partial charge in [0.15, 0.2) is 5.96 Å². The molecule has 0 radical (unpaired) electrons. The highest BCUT2D eigenvalue weighted by molar-refractivity contribution is 14.0. The van der Waals surface area contributed by atoms with Crippen molar-refractivity contribution in [2.45, 2.75) is 38.6 Å². The summed E-state index contributed by atoms with van der Waals surface area (Å²) in [6, 6.07) is 10.7. The first-order valence-electron chi connectivity index (χ1n) is 8.89. The molecule has 0 spiro atoms. The van der Waals surface area contributed by atoms with Crippen molar-refractivity contribution in [3.05, 3.63) is 35.9 Å². The molecule has 0 aromatic heterocycles. The molecular weight excluding hydrogens is 427 g/mol. The fourth-order valence-corrected chi connectivity index (χ4v) is 2.40. The number of hydrogen-bond acceptors (Lipinski definition) is 3. The lowest BCUT2D eigenvalue weighted by molar-refractivity contribution is 0.265. The summed E-state index contributed by atoms with van der Waals surface area (Å²) in [5.74, 6) is 0.867. The lowest BCUT2D eigenvalue weighted by Crippen LogP contribution is -2.40. The number of nitrogens with one attached hydrogen (secondary N) is 2. The number of aliphatic hydroxyl groups is 1. The zero-order chi connectivity index (χ0) is 17.8. The molecule has 25 heavy (non-hydrogen) atoms. The second kappa shape index (κ2) is 14.3.